The van der Waals surface area contributed by atoms with Gasteiger partial charge in [0.05, 0.1) is 30.3 Å². The lowest BCUT2D eigenvalue weighted by Crippen LogP contribution is -2.22. The number of para-hydroxylation sites is 2. The molecule has 3 nitrogen and oxygen atoms in total. The molecule has 98 valence electrons. The minimum atomic E-state index is 0.0392. The van der Waals surface area contributed by atoms with Gasteiger partial charge >= 0.3 is 0 Å². The fourth-order valence-electron chi connectivity index (χ4n) is 2.54. The van der Waals surface area contributed by atoms with Crippen LogP contribution in [0.2, 0.25) is 0 Å². The minimum Gasteiger partial charge on any atom is -0.279 e. The lowest BCUT2D eigenvalue weighted by atomic mass is 10.1. The van der Waals surface area contributed by atoms with E-state index in [-0.39, 0.29) is 12.3 Å². The van der Waals surface area contributed by atoms with Crippen molar-refractivity contribution >= 4 is 33.2 Å². The molecule has 1 heterocycles. The van der Waals surface area contributed by atoms with E-state index in [1.807, 2.05) is 42.5 Å². The number of nitriles is 1. The number of hydrogen-bond acceptors (Lipinski definition) is 2. The first-order valence-electron chi connectivity index (χ1n) is 6.27. The Labute approximate surface area is 125 Å². The SMILES string of the molecule is N#CCc1cccc(Br)c1N1C(=O)Cc2ccccc21. The fraction of sp³-hybridized carbons (Fsp3) is 0.125. The molecule has 0 saturated heterocycles. The summed E-state index contributed by atoms with van der Waals surface area (Å²) < 4.78 is 0.829. The van der Waals surface area contributed by atoms with E-state index in [0.717, 1.165) is 27.0 Å². The number of benzene rings is 2. The Balaban J connectivity index is 2.19. The molecule has 0 saturated carbocycles. The minimum absolute atomic E-state index is 0.0392. The van der Waals surface area contributed by atoms with Crippen LogP contribution in [0.4, 0.5) is 11.4 Å². The molecule has 0 aromatic heterocycles. The first kappa shape index (κ1) is 12.9. The second kappa shape index (κ2) is 5.10. The molecule has 0 bridgehead atoms. The predicted molar refractivity (Wildman–Crippen MR) is 80.8 cm³/mol. The molecule has 2 aromatic carbocycles. The van der Waals surface area contributed by atoms with Crippen LogP contribution < -0.4 is 4.90 Å². The van der Waals surface area contributed by atoms with Crippen molar-refractivity contribution in [1.82, 2.24) is 0 Å². The zero-order chi connectivity index (χ0) is 14.1. The van der Waals surface area contributed by atoms with E-state index in [2.05, 4.69) is 22.0 Å². The molecule has 0 fully saturated rings. The van der Waals surface area contributed by atoms with Gasteiger partial charge in [0.2, 0.25) is 5.91 Å². The van der Waals surface area contributed by atoms with Crippen molar-refractivity contribution in [2.45, 2.75) is 12.8 Å². The van der Waals surface area contributed by atoms with Crippen LogP contribution in [0.25, 0.3) is 0 Å². The number of anilines is 2. The Morgan fingerprint density at radius 2 is 2.00 bits per heavy atom. The van der Waals surface area contributed by atoms with Gasteiger partial charge in [0, 0.05) is 4.47 Å². The van der Waals surface area contributed by atoms with Crippen molar-refractivity contribution in [2.24, 2.45) is 0 Å². The van der Waals surface area contributed by atoms with E-state index in [0.29, 0.717) is 6.42 Å². The lowest BCUT2D eigenvalue weighted by molar-refractivity contribution is -0.116. The molecular formula is C16H11BrN2O. The summed E-state index contributed by atoms with van der Waals surface area (Å²) in [7, 11) is 0. The highest BCUT2D eigenvalue weighted by Crippen LogP contribution is 2.40. The Bertz CT molecular complexity index is 733. The van der Waals surface area contributed by atoms with Gasteiger partial charge in [0.25, 0.3) is 0 Å². The normalized spacial score (nSPS) is 13.2. The second-order valence-electron chi connectivity index (χ2n) is 4.62. The molecule has 1 amide bonds. The van der Waals surface area contributed by atoms with Crippen LogP contribution in [0.1, 0.15) is 11.1 Å². The molecule has 0 spiro atoms. The third kappa shape index (κ3) is 2.00. The molecule has 3 rings (SSSR count). The summed E-state index contributed by atoms with van der Waals surface area (Å²) in [5.74, 6) is 0.0392. The van der Waals surface area contributed by atoms with E-state index >= 15 is 0 Å². The van der Waals surface area contributed by atoms with Crippen molar-refractivity contribution in [3.63, 3.8) is 0 Å². The van der Waals surface area contributed by atoms with Crippen LogP contribution in [0, 0.1) is 11.3 Å². The summed E-state index contributed by atoms with van der Waals surface area (Å²) in [6.07, 6.45) is 0.685. The van der Waals surface area contributed by atoms with E-state index in [4.69, 9.17) is 5.26 Å². The van der Waals surface area contributed by atoms with Crippen molar-refractivity contribution in [1.29, 1.82) is 5.26 Å². The molecule has 2 aromatic rings. The average molecular weight is 327 g/mol. The Morgan fingerprint density at radius 1 is 1.20 bits per heavy atom. The first-order valence-corrected chi connectivity index (χ1v) is 7.07. The van der Waals surface area contributed by atoms with Gasteiger partial charge in [-0.2, -0.15) is 5.26 Å². The van der Waals surface area contributed by atoms with Gasteiger partial charge in [-0.15, -0.1) is 0 Å². The van der Waals surface area contributed by atoms with Gasteiger partial charge in [0.15, 0.2) is 0 Å². The largest absolute Gasteiger partial charge is 0.279 e. The molecule has 1 aliphatic heterocycles. The van der Waals surface area contributed by atoms with Crippen LogP contribution >= 0.6 is 15.9 Å². The van der Waals surface area contributed by atoms with Crippen LogP contribution in [-0.4, -0.2) is 5.91 Å². The molecule has 0 N–H and O–H groups in total. The van der Waals surface area contributed by atoms with E-state index in [1.165, 1.54) is 0 Å². The number of hydrogen-bond donors (Lipinski definition) is 0. The summed E-state index contributed by atoms with van der Waals surface area (Å²) in [5.41, 5.74) is 3.57. The average Bonchev–Trinajstić information content (AvgIpc) is 2.76. The molecule has 1 aliphatic rings. The highest BCUT2D eigenvalue weighted by Gasteiger charge is 2.30. The van der Waals surface area contributed by atoms with Crippen molar-refractivity contribution in [3.05, 3.63) is 58.1 Å². The topological polar surface area (TPSA) is 44.1 Å². The number of halogens is 1. The Hall–Kier alpha value is -2.12. The van der Waals surface area contributed by atoms with Gasteiger partial charge in [0.1, 0.15) is 0 Å². The Morgan fingerprint density at radius 3 is 2.80 bits per heavy atom. The van der Waals surface area contributed by atoms with E-state index in [1.54, 1.807) is 4.90 Å². The summed E-state index contributed by atoms with van der Waals surface area (Å²) in [4.78, 5) is 14.1. The zero-order valence-electron chi connectivity index (χ0n) is 10.6. The monoisotopic (exact) mass is 326 g/mol. The smallest absolute Gasteiger partial charge is 0.236 e. The Kier molecular flexibility index (Phi) is 3.29. The van der Waals surface area contributed by atoms with Crippen LogP contribution in [-0.2, 0) is 17.6 Å². The van der Waals surface area contributed by atoms with Crippen LogP contribution in [0.5, 0.6) is 0 Å². The standard InChI is InChI=1S/C16H11BrN2O/c17-13-6-3-5-11(8-9-18)16(13)19-14-7-2-1-4-12(14)10-15(19)20/h1-7H,8,10H2. The molecule has 0 atom stereocenters. The number of amides is 1. The fourth-order valence-corrected chi connectivity index (χ4v) is 3.12. The molecule has 4 heteroatoms. The summed E-state index contributed by atoms with van der Waals surface area (Å²) in [6, 6.07) is 15.6. The number of carbonyl (C=O) groups excluding carboxylic acids is 1. The van der Waals surface area contributed by atoms with Gasteiger partial charge < -0.3 is 0 Å². The maximum absolute atomic E-state index is 12.4. The third-order valence-corrected chi connectivity index (χ3v) is 4.03. The number of rotatable bonds is 2. The number of carbonyl (C=O) groups is 1. The lowest BCUT2D eigenvalue weighted by Gasteiger charge is -2.21. The first-order chi connectivity index (χ1) is 9.72. The maximum atomic E-state index is 12.4. The third-order valence-electron chi connectivity index (χ3n) is 3.39. The summed E-state index contributed by atoms with van der Waals surface area (Å²) in [6.45, 7) is 0. The number of nitrogens with zero attached hydrogens (tertiary/aromatic N) is 2. The molecule has 0 unspecified atom stereocenters. The quantitative estimate of drug-likeness (QED) is 0.843. The summed E-state index contributed by atoms with van der Waals surface area (Å²) in [5, 5.41) is 8.97. The second-order valence-corrected chi connectivity index (χ2v) is 5.47. The number of fused-ring (bicyclic) bond motifs is 1. The summed E-state index contributed by atoms with van der Waals surface area (Å²) >= 11 is 3.50. The van der Waals surface area contributed by atoms with E-state index in [9.17, 15) is 4.79 Å². The highest BCUT2D eigenvalue weighted by atomic mass is 79.9. The van der Waals surface area contributed by atoms with Gasteiger partial charge in [-0.3, -0.25) is 9.69 Å². The zero-order valence-corrected chi connectivity index (χ0v) is 12.2. The van der Waals surface area contributed by atoms with Crippen molar-refractivity contribution < 1.29 is 4.79 Å². The van der Waals surface area contributed by atoms with Crippen LogP contribution in [0.3, 0.4) is 0 Å². The van der Waals surface area contributed by atoms with Gasteiger partial charge in [-0.25, -0.2) is 0 Å². The molecule has 0 radical (unpaired) electrons. The van der Waals surface area contributed by atoms with Gasteiger partial charge in [-0.1, -0.05) is 30.3 Å². The maximum Gasteiger partial charge on any atom is 0.236 e. The van der Waals surface area contributed by atoms with Gasteiger partial charge in [-0.05, 0) is 39.2 Å². The van der Waals surface area contributed by atoms with Crippen LogP contribution in [0.15, 0.2) is 46.9 Å². The molecule has 0 aliphatic carbocycles. The molecular weight excluding hydrogens is 316 g/mol. The van der Waals surface area contributed by atoms with Crippen molar-refractivity contribution in [3.8, 4) is 6.07 Å². The molecule has 20 heavy (non-hydrogen) atoms. The predicted octanol–water partition coefficient (Wildman–Crippen LogP) is 3.74. The van der Waals surface area contributed by atoms with E-state index < -0.39 is 0 Å². The highest BCUT2D eigenvalue weighted by molar-refractivity contribution is 9.10. The van der Waals surface area contributed by atoms with Crippen molar-refractivity contribution in [2.75, 3.05) is 4.90 Å².